The van der Waals surface area contributed by atoms with E-state index < -0.39 is 26.9 Å². The molecule has 0 radical (unpaired) electrons. The number of hydrogen-bond acceptors (Lipinski definition) is 5. The third-order valence-corrected chi connectivity index (χ3v) is 5.88. The van der Waals surface area contributed by atoms with Crippen LogP contribution in [0.1, 0.15) is 36.6 Å². The van der Waals surface area contributed by atoms with Crippen molar-refractivity contribution >= 4 is 27.3 Å². The highest BCUT2D eigenvalue weighted by Crippen LogP contribution is 2.26. The van der Waals surface area contributed by atoms with Crippen LogP contribution in [0.4, 0.5) is 11.4 Å². The van der Waals surface area contributed by atoms with Crippen molar-refractivity contribution in [1.29, 1.82) is 0 Å². The van der Waals surface area contributed by atoms with Crippen LogP contribution < -0.4 is 9.62 Å². The van der Waals surface area contributed by atoms with Gasteiger partial charge in [0.15, 0.2) is 0 Å². The van der Waals surface area contributed by atoms with Crippen molar-refractivity contribution in [3.05, 3.63) is 69.3 Å². The average molecular weight is 420 g/mol. The van der Waals surface area contributed by atoms with E-state index in [-0.39, 0.29) is 17.4 Å². The molecule has 2 rings (SSSR count). The van der Waals surface area contributed by atoms with Crippen LogP contribution in [-0.2, 0) is 14.8 Å². The molecule has 0 saturated heterocycles. The maximum atomic E-state index is 12.8. The number of anilines is 1. The summed E-state index contributed by atoms with van der Waals surface area (Å²) in [4.78, 5) is 23.3. The van der Waals surface area contributed by atoms with E-state index in [1.165, 1.54) is 25.1 Å². The lowest BCUT2D eigenvalue weighted by Gasteiger charge is -2.29. The lowest BCUT2D eigenvalue weighted by molar-refractivity contribution is -0.384. The van der Waals surface area contributed by atoms with Gasteiger partial charge in [-0.15, -0.1) is 0 Å². The number of hydrogen-bond donors (Lipinski definition) is 1. The van der Waals surface area contributed by atoms with Crippen LogP contribution in [0.15, 0.2) is 42.5 Å². The van der Waals surface area contributed by atoms with Crippen LogP contribution in [0.25, 0.3) is 0 Å². The Morgan fingerprint density at radius 2 is 1.79 bits per heavy atom. The normalized spacial score (nSPS) is 13.4. The number of nitrogens with one attached hydrogen (secondary N) is 1. The molecular weight excluding hydrogens is 394 g/mol. The van der Waals surface area contributed by atoms with Crippen LogP contribution in [0, 0.1) is 24.0 Å². The van der Waals surface area contributed by atoms with Gasteiger partial charge in [-0.2, -0.15) is 0 Å². The molecule has 0 unspecified atom stereocenters. The minimum Gasteiger partial charge on any atom is -0.348 e. The zero-order valence-corrected chi connectivity index (χ0v) is 17.9. The molecule has 0 aliphatic carbocycles. The first kappa shape index (κ1) is 22.4. The number of rotatable bonds is 7. The van der Waals surface area contributed by atoms with Gasteiger partial charge in [0.05, 0.1) is 22.9 Å². The number of sulfonamides is 1. The van der Waals surface area contributed by atoms with Crippen molar-refractivity contribution in [2.75, 3.05) is 10.6 Å². The third kappa shape index (κ3) is 5.32. The molecular formula is C20H25N3O5S. The van der Waals surface area contributed by atoms with E-state index in [0.717, 1.165) is 33.3 Å². The number of benzene rings is 2. The number of aryl methyl sites for hydroxylation is 2. The molecule has 0 aromatic heterocycles. The van der Waals surface area contributed by atoms with Crippen molar-refractivity contribution in [1.82, 2.24) is 5.32 Å². The Morgan fingerprint density at radius 1 is 1.14 bits per heavy atom. The number of nitrogens with zero attached hydrogens (tertiary/aromatic N) is 2. The summed E-state index contributed by atoms with van der Waals surface area (Å²) in [6.07, 6.45) is 0.961. The predicted molar refractivity (Wildman–Crippen MR) is 112 cm³/mol. The summed E-state index contributed by atoms with van der Waals surface area (Å²) in [5, 5.41) is 13.9. The minimum atomic E-state index is -3.87. The van der Waals surface area contributed by atoms with E-state index in [1.807, 2.05) is 39.0 Å². The lowest BCUT2D eigenvalue weighted by atomic mass is 10.00. The monoisotopic (exact) mass is 419 g/mol. The van der Waals surface area contributed by atoms with Gasteiger partial charge >= 0.3 is 0 Å². The molecule has 2 aromatic carbocycles. The second kappa shape index (κ2) is 8.60. The molecule has 0 fully saturated rings. The summed E-state index contributed by atoms with van der Waals surface area (Å²) < 4.78 is 25.7. The number of nitro benzene ring substituents is 1. The van der Waals surface area contributed by atoms with Crippen LogP contribution >= 0.6 is 0 Å². The van der Waals surface area contributed by atoms with Crippen molar-refractivity contribution < 1.29 is 18.1 Å². The first-order chi connectivity index (χ1) is 13.4. The van der Waals surface area contributed by atoms with Crippen LogP contribution in [0.5, 0.6) is 0 Å². The average Bonchev–Trinajstić information content (AvgIpc) is 2.60. The van der Waals surface area contributed by atoms with Gasteiger partial charge in [-0.3, -0.25) is 19.2 Å². The molecule has 9 heteroatoms. The lowest BCUT2D eigenvalue weighted by Crippen LogP contribution is -2.48. The van der Waals surface area contributed by atoms with Crippen molar-refractivity contribution in [2.45, 2.75) is 39.8 Å². The quantitative estimate of drug-likeness (QED) is 0.547. The zero-order valence-electron chi connectivity index (χ0n) is 17.0. The minimum absolute atomic E-state index is 0.0588. The molecule has 0 heterocycles. The number of amides is 1. The van der Waals surface area contributed by atoms with Gasteiger partial charge in [-0.25, -0.2) is 8.42 Å². The maximum Gasteiger partial charge on any atom is 0.271 e. The Bertz CT molecular complexity index is 1040. The van der Waals surface area contributed by atoms with Crippen LogP contribution in [0.2, 0.25) is 0 Å². The van der Waals surface area contributed by atoms with Crippen molar-refractivity contribution in [3.63, 3.8) is 0 Å². The fraction of sp³-hybridized carbons (Fsp3) is 0.350. The highest BCUT2D eigenvalue weighted by atomic mass is 32.2. The maximum absolute atomic E-state index is 12.8. The highest BCUT2D eigenvalue weighted by Gasteiger charge is 2.30. The van der Waals surface area contributed by atoms with E-state index in [4.69, 9.17) is 0 Å². The van der Waals surface area contributed by atoms with E-state index >= 15 is 0 Å². The first-order valence-corrected chi connectivity index (χ1v) is 10.9. The van der Waals surface area contributed by atoms with E-state index in [9.17, 15) is 23.3 Å². The standard InChI is InChI=1S/C20H25N3O5S/c1-13-9-10-19(14(2)11-13)15(3)21-20(24)16(4)22(29(5,27)28)17-7-6-8-18(12-17)23(25)26/h6-12,15-16H,1-5H3,(H,21,24)/t15-,16+/m0/s1. The van der Waals surface area contributed by atoms with E-state index in [2.05, 4.69) is 5.32 Å². The SMILES string of the molecule is Cc1ccc([C@H](C)NC(=O)[C@@H](C)N(c2cccc([N+](=O)[O-])c2)S(C)(=O)=O)c(C)c1. The Labute approximate surface area is 170 Å². The number of nitro groups is 1. The Kier molecular flexibility index (Phi) is 6.63. The molecule has 2 aromatic rings. The molecule has 0 aliphatic heterocycles. The Hall–Kier alpha value is -2.94. The molecule has 2 atom stereocenters. The topological polar surface area (TPSA) is 110 Å². The molecule has 0 saturated carbocycles. The Balaban J connectivity index is 2.32. The summed E-state index contributed by atoms with van der Waals surface area (Å²) in [5.74, 6) is -0.505. The number of carbonyl (C=O) groups excluding carboxylic acids is 1. The van der Waals surface area contributed by atoms with Crippen LogP contribution in [0.3, 0.4) is 0 Å². The van der Waals surface area contributed by atoms with Gasteiger partial charge < -0.3 is 5.32 Å². The third-order valence-electron chi connectivity index (χ3n) is 4.63. The van der Waals surface area contributed by atoms with Crippen molar-refractivity contribution in [2.24, 2.45) is 0 Å². The largest absolute Gasteiger partial charge is 0.348 e. The van der Waals surface area contributed by atoms with Gasteiger partial charge in [-0.1, -0.05) is 29.8 Å². The summed E-state index contributed by atoms with van der Waals surface area (Å²) in [5.41, 5.74) is 2.85. The highest BCUT2D eigenvalue weighted by molar-refractivity contribution is 7.92. The van der Waals surface area contributed by atoms with E-state index in [1.54, 1.807) is 0 Å². The second-order valence-electron chi connectivity index (χ2n) is 7.10. The molecule has 1 amide bonds. The summed E-state index contributed by atoms with van der Waals surface area (Å²) >= 11 is 0. The molecule has 0 spiro atoms. The molecule has 0 bridgehead atoms. The molecule has 8 nitrogen and oxygen atoms in total. The number of carbonyl (C=O) groups is 1. The second-order valence-corrected chi connectivity index (χ2v) is 8.96. The van der Waals surface area contributed by atoms with E-state index in [0.29, 0.717) is 0 Å². The Morgan fingerprint density at radius 3 is 2.34 bits per heavy atom. The van der Waals surface area contributed by atoms with Gasteiger partial charge in [0.1, 0.15) is 6.04 Å². The predicted octanol–water partition coefficient (Wildman–Crippen LogP) is 3.24. The van der Waals surface area contributed by atoms with Crippen molar-refractivity contribution in [3.8, 4) is 0 Å². The molecule has 0 aliphatic rings. The summed E-state index contributed by atoms with van der Waals surface area (Å²) in [7, 11) is -3.87. The fourth-order valence-electron chi connectivity index (χ4n) is 3.28. The summed E-state index contributed by atoms with van der Waals surface area (Å²) in [6, 6.07) is 9.65. The van der Waals surface area contributed by atoms with Gasteiger partial charge in [-0.05, 0) is 44.9 Å². The molecule has 156 valence electrons. The first-order valence-electron chi connectivity index (χ1n) is 9.03. The number of non-ortho nitro benzene ring substituents is 1. The van der Waals surface area contributed by atoms with Crippen LogP contribution in [-0.4, -0.2) is 31.5 Å². The van der Waals surface area contributed by atoms with Gasteiger partial charge in [0.25, 0.3) is 5.69 Å². The smallest absolute Gasteiger partial charge is 0.271 e. The molecule has 1 N–H and O–H groups in total. The fourth-order valence-corrected chi connectivity index (χ4v) is 4.44. The van der Waals surface area contributed by atoms with Gasteiger partial charge in [0.2, 0.25) is 15.9 Å². The van der Waals surface area contributed by atoms with Gasteiger partial charge in [0, 0.05) is 12.1 Å². The molecule has 29 heavy (non-hydrogen) atoms. The summed E-state index contributed by atoms with van der Waals surface area (Å²) in [6.45, 7) is 7.19. The zero-order chi connectivity index (χ0) is 21.9.